The predicted octanol–water partition coefficient (Wildman–Crippen LogP) is 6.80. The van der Waals surface area contributed by atoms with Gasteiger partial charge in [-0.05, 0) is 102 Å². The van der Waals surface area contributed by atoms with Crippen LogP contribution in [0, 0.1) is 23.7 Å². The first-order valence-corrected chi connectivity index (χ1v) is 13.3. The molecule has 0 amide bonds. The van der Waals surface area contributed by atoms with Crippen molar-refractivity contribution in [1.29, 1.82) is 0 Å². The van der Waals surface area contributed by atoms with Crippen LogP contribution < -0.4 is 14.8 Å². The molecular weight excluding hydrogens is 430 g/mol. The number of rotatable bonds is 8. The van der Waals surface area contributed by atoms with E-state index in [1.807, 2.05) is 0 Å². The largest absolute Gasteiger partial charge is 0.497 e. The first kappa shape index (κ1) is 22.7. The van der Waals surface area contributed by atoms with Gasteiger partial charge in [0, 0.05) is 18.5 Å². The Labute approximate surface area is 209 Å². The summed E-state index contributed by atoms with van der Waals surface area (Å²) >= 11 is 0. The molecule has 0 saturated heterocycles. The third-order valence-corrected chi connectivity index (χ3v) is 9.02. The molecule has 0 atom stereocenters. The maximum Gasteiger partial charge on any atom is 0.118 e. The number of hydrogen-bond donors (Lipinski definition) is 1. The smallest absolute Gasteiger partial charge is 0.118 e. The van der Waals surface area contributed by atoms with Crippen LogP contribution in [0.2, 0.25) is 0 Å². The van der Waals surface area contributed by atoms with Gasteiger partial charge in [-0.3, -0.25) is 0 Å². The summed E-state index contributed by atoms with van der Waals surface area (Å²) in [4.78, 5) is 0. The van der Waals surface area contributed by atoms with Crippen molar-refractivity contribution in [1.82, 2.24) is 5.32 Å². The summed E-state index contributed by atoms with van der Waals surface area (Å²) < 4.78 is 10.9. The number of methoxy groups -OCH3 is 2. The monoisotopic (exact) mass is 467 g/mol. The lowest BCUT2D eigenvalue weighted by atomic mass is 9.54. The van der Waals surface area contributed by atoms with Crippen LogP contribution in [0.15, 0.2) is 72.8 Å². The molecule has 4 aliphatic carbocycles. The molecule has 4 fully saturated rings. The lowest BCUT2D eigenvalue weighted by Gasteiger charge is -2.54. The summed E-state index contributed by atoms with van der Waals surface area (Å²) in [7, 11) is 3.45. The Morgan fingerprint density at radius 2 is 1.20 bits per heavy atom. The molecule has 4 saturated carbocycles. The Hall–Kier alpha value is -2.78. The first-order valence-electron chi connectivity index (χ1n) is 13.3. The van der Waals surface area contributed by atoms with E-state index in [2.05, 4.69) is 78.1 Å². The van der Waals surface area contributed by atoms with Gasteiger partial charge in [0.05, 0.1) is 14.2 Å². The fourth-order valence-corrected chi connectivity index (χ4v) is 7.61. The van der Waals surface area contributed by atoms with Crippen LogP contribution in [0.5, 0.6) is 11.5 Å². The van der Waals surface area contributed by atoms with E-state index in [0.29, 0.717) is 6.04 Å². The molecule has 0 aromatic heterocycles. The van der Waals surface area contributed by atoms with Crippen molar-refractivity contribution >= 4 is 0 Å². The topological polar surface area (TPSA) is 30.5 Å². The van der Waals surface area contributed by atoms with Crippen molar-refractivity contribution in [2.24, 2.45) is 23.7 Å². The molecule has 3 aromatic rings. The predicted molar refractivity (Wildman–Crippen MR) is 141 cm³/mol. The third kappa shape index (κ3) is 4.47. The van der Waals surface area contributed by atoms with Gasteiger partial charge in [0.2, 0.25) is 0 Å². The van der Waals surface area contributed by atoms with Crippen molar-refractivity contribution in [2.45, 2.75) is 50.6 Å². The molecule has 0 radical (unpaired) electrons. The molecule has 0 heterocycles. The molecule has 4 bridgehead atoms. The Balaban J connectivity index is 1.31. The maximum atomic E-state index is 5.44. The van der Waals surface area contributed by atoms with Crippen molar-refractivity contribution < 1.29 is 9.47 Å². The molecule has 0 spiro atoms. The number of hydrogen-bond acceptors (Lipinski definition) is 3. The average Bonchev–Trinajstić information content (AvgIpc) is 2.89. The molecule has 4 aliphatic rings. The van der Waals surface area contributed by atoms with E-state index >= 15 is 0 Å². The highest BCUT2D eigenvalue weighted by Gasteiger charge is 2.47. The Bertz CT molecular complexity index is 1060. The minimum atomic E-state index is 0.156. The molecule has 0 unspecified atom stereocenters. The highest BCUT2D eigenvalue weighted by atomic mass is 16.5. The lowest BCUT2D eigenvalue weighted by molar-refractivity contribution is -0.0142. The minimum absolute atomic E-state index is 0.156. The normalized spacial score (nSPS) is 26.8. The van der Waals surface area contributed by atoms with Crippen LogP contribution in [0.4, 0.5) is 0 Å². The second kappa shape index (κ2) is 9.70. The summed E-state index contributed by atoms with van der Waals surface area (Å²) in [6, 6.07) is 26.8. The van der Waals surface area contributed by atoms with Crippen LogP contribution in [-0.4, -0.2) is 20.3 Å². The zero-order valence-electron chi connectivity index (χ0n) is 21.0. The average molecular weight is 468 g/mol. The SMILES string of the molecule is COc1ccc(C(c2ccc(OC)cc2)c2ccccc2CNC2C3CC4CC(C3)CC2C4)cc1. The van der Waals surface area contributed by atoms with Gasteiger partial charge in [-0.25, -0.2) is 0 Å². The zero-order valence-corrected chi connectivity index (χ0v) is 21.0. The van der Waals surface area contributed by atoms with E-state index in [9.17, 15) is 0 Å². The van der Waals surface area contributed by atoms with Crippen LogP contribution in [-0.2, 0) is 6.54 Å². The van der Waals surface area contributed by atoms with Crippen molar-refractivity contribution in [3.8, 4) is 11.5 Å². The summed E-state index contributed by atoms with van der Waals surface area (Å²) in [5, 5.41) is 4.08. The highest BCUT2D eigenvalue weighted by molar-refractivity contribution is 5.48. The van der Waals surface area contributed by atoms with Gasteiger partial charge >= 0.3 is 0 Å². The van der Waals surface area contributed by atoms with Crippen molar-refractivity contribution in [3.05, 3.63) is 95.1 Å². The second-order valence-corrected chi connectivity index (χ2v) is 11.0. The van der Waals surface area contributed by atoms with E-state index in [1.54, 1.807) is 14.2 Å². The van der Waals surface area contributed by atoms with Crippen LogP contribution >= 0.6 is 0 Å². The van der Waals surface area contributed by atoms with E-state index in [0.717, 1.165) is 41.7 Å². The van der Waals surface area contributed by atoms with E-state index in [4.69, 9.17) is 9.47 Å². The van der Waals surface area contributed by atoms with Crippen LogP contribution in [0.3, 0.4) is 0 Å². The van der Waals surface area contributed by atoms with Crippen LogP contribution in [0.25, 0.3) is 0 Å². The summed E-state index contributed by atoms with van der Waals surface area (Å²) in [6.07, 6.45) is 7.31. The maximum absolute atomic E-state index is 5.44. The number of ether oxygens (including phenoxy) is 2. The molecule has 7 rings (SSSR count). The minimum Gasteiger partial charge on any atom is -0.497 e. The standard InChI is InChI=1S/C32H37NO2/c1-34-28-11-7-23(8-12-28)31(24-9-13-29(35-2)14-10-24)30-6-4-3-5-25(30)20-33-32-26-16-21-15-22(18-26)19-27(32)17-21/h3-14,21-22,26-27,31-33H,15-20H2,1-2H3. The van der Waals surface area contributed by atoms with Gasteiger partial charge < -0.3 is 14.8 Å². The fourth-order valence-electron chi connectivity index (χ4n) is 7.61. The number of benzene rings is 3. The van der Waals surface area contributed by atoms with Gasteiger partial charge in [-0.15, -0.1) is 0 Å². The quantitative estimate of drug-likeness (QED) is 0.370. The third-order valence-electron chi connectivity index (χ3n) is 9.02. The fraction of sp³-hybridized carbons (Fsp3) is 0.438. The van der Waals surface area contributed by atoms with Gasteiger partial charge in [0.25, 0.3) is 0 Å². The van der Waals surface area contributed by atoms with Crippen molar-refractivity contribution in [2.75, 3.05) is 14.2 Å². The zero-order chi connectivity index (χ0) is 23.8. The molecule has 182 valence electrons. The Kier molecular flexibility index (Phi) is 6.28. The van der Waals surface area contributed by atoms with Gasteiger partial charge in [-0.1, -0.05) is 48.5 Å². The van der Waals surface area contributed by atoms with Crippen molar-refractivity contribution in [3.63, 3.8) is 0 Å². The molecular formula is C32H37NO2. The summed E-state index contributed by atoms with van der Waals surface area (Å²) in [6.45, 7) is 0.936. The molecule has 3 nitrogen and oxygen atoms in total. The molecule has 1 N–H and O–H groups in total. The molecule has 35 heavy (non-hydrogen) atoms. The van der Waals surface area contributed by atoms with Crippen LogP contribution in [0.1, 0.15) is 60.3 Å². The Morgan fingerprint density at radius 3 is 1.71 bits per heavy atom. The first-order chi connectivity index (χ1) is 17.2. The summed E-state index contributed by atoms with van der Waals surface area (Å²) in [5.41, 5.74) is 5.33. The number of nitrogens with one attached hydrogen (secondary N) is 1. The van der Waals surface area contributed by atoms with Gasteiger partial charge in [0.1, 0.15) is 11.5 Å². The lowest BCUT2D eigenvalue weighted by Crippen LogP contribution is -2.54. The molecule has 0 aliphatic heterocycles. The van der Waals surface area contributed by atoms with Gasteiger partial charge in [-0.2, -0.15) is 0 Å². The highest BCUT2D eigenvalue weighted by Crippen LogP contribution is 2.53. The van der Waals surface area contributed by atoms with E-state index in [-0.39, 0.29) is 5.92 Å². The van der Waals surface area contributed by atoms with E-state index in [1.165, 1.54) is 54.4 Å². The summed E-state index contributed by atoms with van der Waals surface area (Å²) in [5.74, 6) is 5.73. The van der Waals surface area contributed by atoms with Gasteiger partial charge in [0.15, 0.2) is 0 Å². The second-order valence-electron chi connectivity index (χ2n) is 11.0. The molecule has 3 aromatic carbocycles. The van der Waals surface area contributed by atoms with E-state index < -0.39 is 0 Å². The Morgan fingerprint density at radius 1 is 0.686 bits per heavy atom. The molecule has 3 heteroatoms.